The van der Waals surface area contributed by atoms with Crippen molar-refractivity contribution in [2.24, 2.45) is 0 Å². The topological polar surface area (TPSA) is 66.8 Å². The van der Waals surface area contributed by atoms with Crippen molar-refractivity contribution in [2.45, 2.75) is 45.6 Å². The van der Waals surface area contributed by atoms with Crippen LogP contribution in [0.3, 0.4) is 0 Å². The number of nitrogens with zero attached hydrogens (tertiary/aromatic N) is 4. The highest BCUT2D eigenvalue weighted by Crippen LogP contribution is 2.27. The van der Waals surface area contributed by atoms with Crippen molar-refractivity contribution in [1.29, 1.82) is 0 Å². The molecule has 0 saturated carbocycles. The summed E-state index contributed by atoms with van der Waals surface area (Å²) in [5.41, 5.74) is 2.80. The van der Waals surface area contributed by atoms with Crippen molar-refractivity contribution in [1.82, 2.24) is 24.9 Å². The van der Waals surface area contributed by atoms with Gasteiger partial charge >= 0.3 is 0 Å². The first-order chi connectivity index (χ1) is 10.6. The second-order valence-corrected chi connectivity index (χ2v) is 6.17. The maximum Gasteiger partial charge on any atom is 0.272 e. The van der Waals surface area contributed by atoms with Crippen molar-refractivity contribution in [2.75, 3.05) is 13.1 Å². The van der Waals surface area contributed by atoms with Crippen molar-refractivity contribution in [3.63, 3.8) is 0 Å². The molecule has 6 nitrogen and oxygen atoms in total. The molecule has 2 aromatic rings. The highest BCUT2D eigenvalue weighted by atomic mass is 16.2. The van der Waals surface area contributed by atoms with Crippen LogP contribution < -0.4 is 0 Å². The standard InChI is InChI=1S/C16H23N5O/c1-4-21-15(9-14(19-21)11(2)3)16(22)20-8-6-12(10-20)13-5-7-17-18-13/h5,7,9,11-12H,4,6,8,10H2,1-3H3,(H,17,18)/t12-/m0/s1. The average molecular weight is 301 g/mol. The summed E-state index contributed by atoms with van der Waals surface area (Å²) in [5, 5.41) is 11.6. The van der Waals surface area contributed by atoms with Gasteiger partial charge < -0.3 is 4.90 Å². The number of aryl methyl sites for hydroxylation is 1. The minimum atomic E-state index is 0.0864. The Bertz CT molecular complexity index is 644. The SMILES string of the molecule is CCn1nc(C(C)C)cc1C(=O)N1CC[C@H](c2ccn[nH]2)C1. The van der Waals surface area contributed by atoms with Crippen LogP contribution in [0.5, 0.6) is 0 Å². The molecule has 118 valence electrons. The Hall–Kier alpha value is -2.11. The zero-order chi connectivity index (χ0) is 15.7. The molecule has 6 heteroatoms. The van der Waals surface area contributed by atoms with Gasteiger partial charge in [-0.15, -0.1) is 0 Å². The molecule has 1 aliphatic heterocycles. The summed E-state index contributed by atoms with van der Waals surface area (Å²) in [6.45, 7) is 8.46. The van der Waals surface area contributed by atoms with Crippen molar-refractivity contribution >= 4 is 5.91 Å². The fraction of sp³-hybridized carbons (Fsp3) is 0.562. The van der Waals surface area contributed by atoms with Crippen molar-refractivity contribution in [3.8, 4) is 0 Å². The summed E-state index contributed by atoms with van der Waals surface area (Å²) in [5.74, 6) is 0.771. The maximum atomic E-state index is 12.8. The highest BCUT2D eigenvalue weighted by Gasteiger charge is 2.30. The van der Waals surface area contributed by atoms with Gasteiger partial charge in [0.1, 0.15) is 5.69 Å². The molecule has 1 atom stereocenters. The Morgan fingerprint density at radius 2 is 2.32 bits per heavy atom. The van der Waals surface area contributed by atoms with E-state index < -0.39 is 0 Å². The Labute approximate surface area is 130 Å². The van der Waals surface area contributed by atoms with E-state index in [1.807, 2.05) is 28.6 Å². The molecule has 1 amide bonds. The third-order valence-electron chi connectivity index (χ3n) is 4.35. The van der Waals surface area contributed by atoms with Crippen molar-refractivity contribution < 1.29 is 4.79 Å². The lowest BCUT2D eigenvalue weighted by Crippen LogP contribution is -2.30. The largest absolute Gasteiger partial charge is 0.337 e. The summed E-state index contributed by atoms with van der Waals surface area (Å²) in [6, 6.07) is 3.94. The monoisotopic (exact) mass is 301 g/mol. The van der Waals surface area contributed by atoms with Crippen LogP contribution in [-0.4, -0.2) is 43.9 Å². The van der Waals surface area contributed by atoms with Gasteiger partial charge in [-0.3, -0.25) is 14.6 Å². The molecule has 1 fully saturated rings. The van der Waals surface area contributed by atoms with Crippen LogP contribution in [0, 0.1) is 0 Å². The number of nitrogens with one attached hydrogen (secondary N) is 1. The zero-order valence-electron chi connectivity index (χ0n) is 13.4. The molecule has 0 spiro atoms. The second kappa shape index (κ2) is 5.94. The van der Waals surface area contributed by atoms with Gasteiger partial charge in [0, 0.05) is 37.4 Å². The van der Waals surface area contributed by atoms with Gasteiger partial charge in [0.25, 0.3) is 5.91 Å². The Morgan fingerprint density at radius 1 is 1.50 bits per heavy atom. The number of carbonyl (C=O) groups excluding carboxylic acids is 1. The molecule has 0 unspecified atom stereocenters. The van der Waals surface area contributed by atoms with E-state index in [9.17, 15) is 4.79 Å². The number of likely N-dealkylation sites (tertiary alicyclic amines) is 1. The Kier molecular flexibility index (Phi) is 4.00. The van der Waals surface area contributed by atoms with E-state index in [0.29, 0.717) is 24.1 Å². The van der Waals surface area contributed by atoms with Crippen LogP contribution in [0.2, 0.25) is 0 Å². The number of H-pyrrole nitrogens is 1. The Morgan fingerprint density at radius 3 is 2.95 bits per heavy atom. The van der Waals surface area contributed by atoms with Crippen LogP contribution in [0.15, 0.2) is 18.3 Å². The molecule has 22 heavy (non-hydrogen) atoms. The summed E-state index contributed by atoms with van der Waals surface area (Å²) in [4.78, 5) is 14.7. The van der Waals surface area contributed by atoms with Gasteiger partial charge in [-0.2, -0.15) is 10.2 Å². The third kappa shape index (κ3) is 2.65. The van der Waals surface area contributed by atoms with Gasteiger partial charge in [-0.1, -0.05) is 13.8 Å². The summed E-state index contributed by atoms with van der Waals surface area (Å²) in [6.07, 6.45) is 2.74. The van der Waals surface area contributed by atoms with E-state index in [2.05, 4.69) is 29.1 Å². The molecule has 3 heterocycles. The van der Waals surface area contributed by atoms with Gasteiger partial charge in [0.15, 0.2) is 0 Å². The van der Waals surface area contributed by atoms with Gasteiger partial charge in [-0.25, -0.2) is 0 Å². The van der Waals surface area contributed by atoms with Crippen LogP contribution >= 0.6 is 0 Å². The lowest BCUT2D eigenvalue weighted by Gasteiger charge is -2.16. The quantitative estimate of drug-likeness (QED) is 0.943. The first kappa shape index (κ1) is 14.8. The smallest absolute Gasteiger partial charge is 0.272 e. The van der Waals surface area contributed by atoms with Crippen LogP contribution in [0.25, 0.3) is 0 Å². The van der Waals surface area contributed by atoms with Gasteiger partial charge in [0.05, 0.1) is 5.69 Å². The molecular weight excluding hydrogens is 278 g/mol. The molecule has 0 aliphatic carbocycles. The number of amides is 1. The third-order valence-corrected chi connectivity index (χ3v) is 4.35. The molecule has 1 aliphatic rings. The molecule has 0 bridgehead atoms. The van der Waals surface area contributed by atoms with Crippen LogP contribution in [0.1, 0.15) is 60.9 Å². The summed E-state index contributed by atoms with van der Waals surface area (Å²) in [7, 11) is 0. The lowest BCUT2D eigenvalue weighted by atomic mass is 10.1. The molecule has 2 aromatic heterocycles. The molecule has 0 aromatic carbocycles. The number of carbonyl (C=O) groups is 1. The fourth-order valence-corrected chi connectivity index (χ4v) is 2.99. The minimum Gasteiger partial charge on any atom is -0.337 e. The van der Waals surface area contributed by atoms with Gasteiger partial charge in [0.2, 0.25) is 0 Å². The molecule has 1 N–H and O–H groups in total. The van der Waals surface area contributed by atoms with Crippen molar-refractivity contribution in [3.05, 3.63) is 35.4 Å². The summed E-state index contributed by atoms with van der Waals surface area (Å²) < 4.78 is 1.82. The fourth-order valence-electron chi connectivity index (χ4n) is 2.99. The number of hydrogen-bond donors (Lipinski definition) is 1. The second-order valence-electron chi connectivity index (χ2n) is 6.17. The van der Waals surface area contributed by atoms with Crippen LogP contribution in [0.4, 0.5) is 0 Å². The zero-order valence-corrected chi connectivity index (χ0v) is 13.4. The Balaban J connectivity index is 1.77. The first-order valence-electron chi connectivity index (χ1n) is 7.96. The molecular formula is C16H23N5O. The molecule has 0 radical (unpaired) electrons. The average Bonchev–Trinajstić information content (AvgIpc) is 3.23. The van der Waals surface area contributed by atoms with E-state index in [0.717, 1.165) is 30.9 Å². The number of aromatic nitrogens is 4. The van der Waals surface area contributed by atoms with E-state index in [-0.39, 0.29) is 5.91 Å². The number of hydrogen-bond acceptors (Lipinski definition) is 3. The highest BCUT2D eigenvalue weighted by molar-refractivity contribution is 5.93. The lowest BCUT2D eigenvalue weighted by molar-refractivity contribution is 0.0778. The van der Waals surface area contributed by atoms with Gasteiger partial charge in [-0.05, 0) is 31.4 Å². The number of rotatable bonds is 4. The van der Waals surface area contributed by atoms with E-state index in [4.69, 9.17) is 0 Å². The summed E-state index contributed by atoms with van der Waals surface area (Å²) >= 11 is 0. The molecule has 1 saturated heterocycles. The first-order valence-corrected chi connectivity index (χ1v) is 7.96. The normalized spacial score (nSPS) is 18.4. The minimum absolute atomic E-state index is 0.0864. The van der Waals surface area contributed by atoms with E-state index in [1.165, 1.54) is 0 Å². The number of aromatic amines is 1. The van der Waals surface area contributed by atoms with Crippen LogP contribution in [-0.2, 0) is 6.54 Å². The predicted octanol–water partition coefficient (Wildman–Crippen LogP) is 2.38. The van der Waals surface area contributed by atoms with E-state index in [1.54, 1.807) is 6.20 Å². The molecule has 3 rings (SSSR count). The predicted molar refractivity (Wildman–Crippen MR) is 83.8 cm³/mol. The maximum absolute atomic E-state index is 12.8. The van der Waals surface area contributed by atoms with E-state index >= 15 is 0 Å².